The Bertz CT molecular complexity index is 1120. The van der Waals surface area contributed by atoms with Crippen LogP contribution in [0.25, 0.3) is 0 Å². The molecule has 2 aromatic rings. The summed E-state index contributed by atoms with van der Waals surface area (Å²) in [5.41, 5.74) is -0.579. The zero-order valence-corrected chi connectivity index (χ0v) is 18.9. The molecule has 8 heteroatoms. The van der Waals surface area contributed by atoms with E-state index in [1.807, 2.05) is 24.3 Å². The summed E-state index contributed by atoms with van der Waals surface area (Å²) in [7, 11) is 4.47. The molecule has 7 nitrogen and oxygen atoms in total. The van der Waals surface area contributed by atoms with Gasteiger partial charge in [0.25, 0.3) is 0 Å². The standard InChI is InChI=1S/C24H23ClO7/c1-13-9-15(26)10-19(31-12-14-7-5-6-8-16(14)28-2)24(13)23(27)20-17(29-3)11-18(30-4)21(25)22(20)32-24/h5-8,10-11,13H,9,12H2,1-4H3/t13-,24+/m1/s1. The molecule has 0 N–H and O–H groups in total. The first-order valence-electron chi connectivity index (χ1n) is 10.0. The highest BCUT2D eigenvalue weighted by atomic mass is 35.5. The van der Waals surface area contributed by atoms with Gasteiger partial charge in [-0.15, -0.1) is 0 Å². The van der Waals surface area contributed by atoms with Crippen molar-refractivity contribution in [1.29, 1.82) is 0 Å². The number of benzene rings is 2. The smallest absolute Gasteiger partial charge is 0.231 e. The highest BCUT2D eigenvalue weighted by Crippen LogP contribution is 2.54. The molecule has 0 aromatic heterocycles. The SMILES string of the molecule is COc1ccccc1COC1=CC(=O)C[C@@H](C)[C@]12Oc1c(Cl)c(OC)cc(OC)c1C2=O. The third-order valence-electron chi connectivity index (χ3n) is 5.85. The van der Waals surface area contributed by atoms with Crippen LogP contribution in [0.1, 0.15) is 29.3 Å². The minimum Gasteiger partial charge on any atom is -0.496 e. The maximum Gasteiger partial charge on any atom is 0.231 e. The maximum absolute atomic E-state index is 13.8. The minimum absolute atomic E-state index is 0.0821. The summed E-state index contributed by atoms with van der Waals surface area (Å²) in [5, 5.41) is 0.154. The molecular formula is C24H23ClO7. The summed E-state index contributed by atoms with van der Waals surface area (Å²) in [4.78, 5) is 26.2. The van der Waals surface area contributed by atoms with E-state index < -0.39 is 11.5 Å². The number of rotatable bonds is 6. The fraction of sp³-hybridized carbons (Fsp3) is 0.333. The number of carbonyl (C=O) groups excluding carboxylic acids is 2. The molecule has 1 spiro atoms. The number of hydrogen-bond donors (Lipinski definition) is 0. The number of allylic oxidation sites excluding steroid dienone is 1. The van der Waals surface area contributed by atoms with Crippen LogP contribution in [0.15, 0.2) is 42.2 Å². The van der Waals surface area contributed by atoms with Gasteiger partial charge >= 0.3 is 0 Å². The summed E-state index contributed by atoms with van der Waals surface area (Å²) >= 11 is 6.49. The second kappa shape index (κ2) is 8.39. The van der Waals surface area contributed by atoms with E-state index in [4.69, 9.17) is 35.3 Å². The molecule has 0 saturated carbocycles. The number of methoxy groups -OCH3 is 3. The van der Waals surface area contributed by atoms with Crippen molar-refractivity contribution in [3.05, 3.63) is 58.3 Å². The molecule has 0 radical (unpaired) electrons. The van der Waals surface area contributed by atoms with Gasteiger partial charge in [0, 0.05) is 30.0 Å². The van der Waals surface area contributed by atoms with Crippen LogP contribution in [0.2, 0.25) is 5.02 Å². The van der Waals surface area contributed by atoms with E-state index in [9.17, 15) is 9.59 Å². The lowest BCUT2D eigenvalue weighted by Gasteiger charge is -2.37. The zero-order valence-electron chi connectivity index (χ0n) is 18.2. The number of hydrogen-bond acceptors (Lipinski definition) is 7. The summed E-state index contributed by atoms with van der Waals surface area (Å²) < 4.78 is 28.4. The van der Waals surface area contributed by atoms with Gasteiger partial charge in [0.15, 0.2) is 17.3 Å². The molecule has 2 atom stereocenters. The normalized spacial score (nSPS) is 21.7. The first-order chi connectivity index (χ1) is 15.4. The van der Waals surface area contributed by atoms with E-state index in [0.29, 0.717) is 11.5 Å². The number of ketones is 2. The number of para-hydroxylation sites is 1. The van der Waals surface area contributed by atoms with Crippen LogP contribution in [0, 0.1) is 5.92 Å². The van der Waals surface area contributed by atoms with E-state index in [1.165, 1.54) is 20.3 Å². The number of carbonyl (C=O) groups is 2. The lowest BCUT2D eigenvalue weighted by molar-refractivity contribution is -0.118. The summed E-state index contributed by atoms with van der Waals surface area (Å²) in [5.74, 6) is 0.476. The maximum atomic E-state index is 13.8. The molecule has 0 unspecified atom stereocenters. The first-order valence-corrected chi connectivity index (χ1v) is 10.4. The molecule has 0 amide bonds. The van der Waals surface area contributed by atoms with Crippen LogP contribution in [0.3, 0.4) is 0 Å². The van der Waals surface area contributed by atoms with E-state index >= 15 is 0 Å². The molecule has 32 heavy (non-hydrogen) atoms. The van der Waals surface area contributed by atoms with E-state index in [2.05, 4.69) is 0 Å². The third kappa shape index (κ3) is 3.28. The van der Waals surface area contributed by atoms with Crippen LogP contribution in [0.5, 0.6) is 23.0 Å². The van der Waals surface area contributed by atoms with Crippen molar-refractivity contribution in [1.82, 2.24) is 0 Å². The second-order valence-corrected chi connectivity index (χ2v) is 8.02. The van der Waals surface area contributed by atoms with E-state index in [0.717, 1.165) is 5.56 Å². The number of fused-ring (bicyclic) bond motifs is 1. The largest absolute Gasteiger partial charge is 0.496 e. The highest BCUT2D eigenvalue weighted by molar-refractivity contribution is 6.35. The first kappa shape index (κ1) is 22.0. The van der Waals surface area contributed by atoms with Crippen molar-refractivity contribution in [3.8, 4) is 23.0 Å². The van der Waals surface area contributed by atoms with Crippen molar-refractivity contribution in [2.75, 3.05) is 21.3 Å². The van der Waals surface area contributed by atoms with Crippen molar-refractivity contribution in [2.24, 2.45) is 5.92 Å². The molecular weight excluding hydrogens is 436 g/mol. The molecule has 0 fully saturated rings. The summed E-state index contributed by atoms with van der Waals surface area (Å²) in [6.07, 6.45) is 1.45. The Morgan fingerprint density at radius 2 is 1.75 bits per heavy atom. The Morgan fingerprint density at radius 3 is 2.44 bits per heavy atom. The van der Waals surface area contributed by atoms with Gasteiger partial charge in [-0.25, -0.2) is 0 Å². The average Bonchev–Trinajstić information content (AvgIpc) is 3.10. The molecule has 168 valence electrons. The Labute approximate surface area is 190 Å². The van der Waals surface area contributed by atoms with Gasteiger partial charge in [-0.2, -0.15) is 0 Å². The Kier molecular flexibility index (Phi) is 5.77. The second-order valence-electron chi connectivity index (χ2n) is 7.65. The van der Waals surface area contributed by atoms with Gasteiger partial charge in [-0.05, 0) is 6.07 Å². The number of Topliss-reactive ketones (excluding diaryl/α,β-unsaturated/α-hetero) is 1. The van der Waals surface area contributed by atoms with Crippen molar-refractivity contribution in [2.45, 2.75) is 25.6 Å². The number of ether oxygens (including phenoxy) is 5. The molecule has 0 saturated heterocycles. The van der Waals surface area contributed by atoms with Gasteiger partial charge in [0.2, 0.25) is 11.4 Å². The summed E-state index contributed by atoms with van der Waals surface area (Å²) in [6.45, 7) is 1.86. The van der Waals surface area contributed by atoms with Crippen LogP contribution in [0.4, 0.5) is 0 Å². The minimum atomic E-state index is -1.54. The van der Waals surface area contributed by atoms with Gasteiger partial charge in [-0.1, -0.05) is 36.7 Å². The third-order valence-corrected chi connectivity index (χ3v) is 6.21. The van der Waals surface area contributed by atoms with E-state index in [1.54, 1.807) is 20.1 Å². The van der Waals surface area contributed by atoms with Gasteiger partial charge in [0.05, 0.1) is 21.3 Å². The fourth-order valence-electron chi connectivity index (χ4n) is 4.22. The van der Waals surface area contributed by atoms with Gasteiger partial charge in [0.1, 0.15) is 34.4 Å². The van der Waals surface area contributed by atoms with Crippen molar-refractivity contribution >= 4 is 23.2 Å². The van der Waals surface area contributed by atoms with Gasteiger partial charge in [-0.3, -0.25) is 9.59 Å². The van der Waals surface area contributed by atoms with Crippen LogP contribution in [-0.4, -0.2) is 38.5 Å². The predicted molar refractivity (Wildman–Crippen MR) is 117 cm³/mol. The number of halogens is 1. The lowest BCUT2D eigenvalue weighted by atomic mass is 9.75. The highest BCUT2D eigenvalue weighted by Gasteiger charge is 2.60. The molecule has 1 aliphatic carbocycles. The summed E-state index contributed by atoms with van der Waals surface area (Å²) in [6, 6.07) is 8.89. The zero-order chi connectivity index (χ0) is 23.0. The Hall–Kier alpha value is -3.19. The van der Waals surface area contributed by atoms with Crippen LogP contribution >= 0.6 is 11.6 Å². The van der Waals surface area contributed by atoms with E-state index in [-0.39, 0.29) is 52.4 Å². The van der Waals surface area contributed by atoms with Crippen LogP contribution in [-0.2, 0) is 16.1 Å². The topological polar surface area (TPSA) is 80.3 Å². The lowest BCUT2D eigenvalue weighted by Crippen LogP contribution is -2.51. The molecule has 4 rings (SSSR count). The molecule has 1 heterocycles. The Balaban J connectivity index is 1.78. The molecule has 0 bridgehead atoms. The fourth-order valence-corrected chi connectivity index (χ4v) is 4.48. The van der Waals surface area contributed by atoms with Crippen molar-refractivity contribution in [3.63, 3.8) is 0 Å². The Morgan fingerprint density at radius 1 is 1.06 bits per heavy atom. The molecule has 1 aliphatic heterocycles. The van der Waals surface area contributed by atoms with Crippen molar-refractivity contribution < 1.29 is 33.3 Å². The molecule has 2 aliphatic rings. The molecule has 2 aromatic carbocycles. The monoisotopic (exact) mass is 458 g/mol. The van der Waals surface area contributed by atoms with Crippen LogP contribution < -0.4 is 18.9 Å². The van der Waals surface area contributed by atoms with Gasteiger partial charge < -0.3 is 23.7 Å². The average molecular weight is 459 g/mol. The predicted octanol–water partition coefficient (Wildman–Crippen LogP) is 4.39. The quantitative estimate of drug-likeness (QED) is 0.635.